The molecule has 4 aromatic carbocycles. The maximum Gasteiger partial charge on any atom is -0.0809 e. The molecule has 0 amide bonds. The van der Waals surface area contributed by atoms with Crippen molar-refractivity contribution in [2.24, 2.45) is 0 Å². The monoisotopic (exact) mass is 536 g/mol. The van der Waals surface area contributed by atoms with Crippen LogP contribution in [-0.2, 0) is 24.2 Å². The summed E-state index contributed by atoms with van der Waals surface area (Å²) in [7, 11) is 0. The van der Waals surface area contributed by atoms with Crippen LogP contribution in [0.4, 0.5) is 0 Å². The summed E-state index contributed by atoms with van der Waals surface area (Å²) in [6, 6.07) is 31.9. The van der Waals surface area contributed by atoms with Crippen LogP contribution in [0.1, 0.15) is 28.7 Å². The topological polar surface area (TPSA) is 0 Å². The van der Waals surface area contributed by atoms with Crippen molar-refractivity contribution in [2.75, 3.05) is 0 Å². The Morgan fingerprint density at radius 3 is 1.81 bits per heavy atom. The average molecular weight is 539 g/mol. The SMILES string of the molecule is Cc1ccccc1[C](=[Zr+2])c1ccccc1C.Cl.Cl.[C-]1=CC=CC1.c1ccc2[cH-]ccc2c1. The van der Waals surface area contributed by atoms with Crippen LogP contribution in [-0.4, -0.2) is 3.21 Å². The fraction of sp³-hybridized carbons (Fsp3) is 0.103. The smallest absolute Gasteiger partial charge is 0.0809 e. The van der Waals surface area contributed by atoms with Crippen molar-refractivity contribution in [1.29, 1.82) is 0 Å². The van der Waals surface area contributed by atoms with Crippen molar-refractivity contribution >= 4 is 38.8 Å². The summed E-state index contributed by atoms with van der Waals surface area (Å²) in [5, 5.41) is 2.66. The van der Waals surface area contributed by atoms with Gasteiger partial charge in [0.1, 0.15) is 0 Å². The predicted molar refractivity (Wildman–Crippen MR) is 141 cm³/mol. The third-order valence-electron chi connectivity index (χ3n) is 4.96. The summed E-state index contributed by atoms with van der Waals surface area (Å²) in [5.41, 5.74) is 5.49. The first-order chi connectivity index (χ1) is 14.7. The zero-order valence-corrected chi connectivity index (χ0v) is 22.5. The first-order valence-corrected chi connectivity index (χ1v) is 11.4. The fourth-order valence-electron chi connectivity index (χ4n) is 3.26. The van der Waals surface area contributed by atoms with Crippen molar-refractivity contribution in [2.45, 2.75) is 20.3 Å². The van der Waals surface area contributed by atoms with Crippen molar-refractivity contribution in [1.82, 2.24) is 0 Å². The van der Waals surface area contributed by atoms with Gasteiger partial charge in [0.05, 0.1) is 0 Å². The average Bonchev–Trinajstić information content (AvgIpc) is 3.49. The molecule has 0 unspecified atom stereocenters. The second-order valence-corrected chi connectivity index (χ2v) is 8.39. The van der Waals surface area contributed by atoms with E-state index in [9.17, 15) is 0 Å². The molecule has 0 aromatic heterocycles. The Kier molecular flexibility index (Phi) is 13.2. The molecule has 5 rings (SSSR count). The molecule has 0 saturated carbocycles. The van der Waals surface area contributed by atoms with Gasteiger partial charge in [0.2, 0.25) is 0 Å². The molecule has 0 saturated heterocycles. The molecule has 3 heteroatoms. The molecule has 1 aliphatic rings. The summed E-state index contributed by atoms with van der Waals surface area (Å²) < 4.78 is 1.45. The molecule has 32 heavy (non-hydrogen) atoms. The first kappa shape index (κ1) is 28.1. The van der Waals surface area contributed by atoms with Gasteiger partial charge in [0, 0.05) is 0 Å². The maximum absolute atomic E-state index is 2.99. The Labute approximate surface area is 219 Å². The van der Waals surface area contributed by atoms with Crippen LogP contribution in [0.3, 0.4) is 0 Å². The van der Waals surface area contributed by atoms with Gasteiger partial charge in [-0.25, -0.2) is 12.2 Å². The fourth-order valence-corrected chi connectivity index (χ4v) is 4.64. The van der Waals surface area contributed by atoms with E-state index in [1.807, 2.05) is 12.2 Å². The Morgan fingerprint density at radius 1 is 0.781 bits per heavy atom. The summed E-state index contributed by atoms with van der Waals surface area (Å²) >= 11 is 1.47. The van der Waals surface area contributed by atoms with Crippen molar-refractivity contribution < 1.29 is 24.2 Å². The molecule has 0 atom stereocenters. The van der Waals surface area contributed by atoms with E-state index < -0.39 is 0 Å². The minimum atomic E-state index is 0. The van der Waals surface area contributed by atoms with Gasteiger partial charge in [0.25, 0.3) is 0 Å². The van der Waals surface area contributed by atoms with Gasteiger partial charge < -0.3 is 0 Å². The molecular formula is C29H28Cl2Zr. The van der Waals surface area contributed by atoms with Crippen LogP contribution < -0.4 is 0 Å². The second kappa shape index (κ2) is 15.0. The minimum absolute atomic E-state index is 0. The number of hydrogen-bond donors (Lipinski definition) is 0. The molecule has 0 fully saturated rings. The second-order valence-electron chi connectivity index (χ2n) is 7.16. The van der Waals surface area contributed by atoms with E-state index in [1.165, 1.54) is 60.5 Å². The maximum atomic E-state index is 2.99. The summed E-state index contributed by atoms with van der Waals surface area (Å²) in [6.45, 7) is 4.36. The van der Waals surface area contributed by atoms with Gasteiger partial charge in [-0.05, 0) is 0 Å². The Bertz CT molecular complexity index is 1080. The van der Waals surface area contributed by atoms with Crippen LogP contribution in [0, 0.1) is 19.9 Å². The Balaban J connectivity index is 0.000000269. The van der Waals surface area contributed by atoms with Gasteiger partial charge in [-0.1, -0.05) is 6.07 Å². The van der Waals surface area contributed by atoms with Crippen LogP contribution >= 0.6 is 24.8 Å². The van der Waals surface area contributed by atoms with E-state index in [-0.39, 0.29) is 24.8 Å². The first-order valence-electron chi connectivity index (χ1n) is 10.2. The van der Waals surface area contributed by atoms with Crippen LogP contribution in [0.2, 0.25) is 0 Å². The van der Waals surface area contributed by atoms with E-state index in [4.69, 9.17) is 0 Å². The molecule has 162 valence electrons. The van der Waals surface area contributed by atoms with Crippen LogP contribution in [0.5, 0.6) is 0 Å². The van der Waals surface area contributed by atoms with Crippen LogP contribution in [0.25, 0.3) is 10.8 Å². The van der Waals surface area contributed by atoms with E-state index in [0.29, 0.717) is 0 Å². The molecule has 4 aromatic rings. The van der Waals surface area contributed by atoms with E-state index in [2.05, 4.69) is 117 Å². The number of hydrogen-bond acceptors (Lipinski definition) is 0. The van der Waals surface area contributed by atoms with Crippen LogP contribution in [0.15, 0.2) is 109 Å². The number of aryl methyl sites for hydroxylation is 2. The van der Waals surface area contributed by atoms with Gasteiger partial charge in [-0.15, -0.1) is 60.9 Å². The standard InChI is InChI=1S/C15H14.C9H7.C5H5.2ClH.Zr/c1-12-7-3-5-9-14(12)11-15-10-6-4-8-13(15)2;1-2-5-9-7-3-6-8(9)4-1;1-2-4-5-3-1;;;/h3-10H,1-2H3;1-7H;1-3H,4H2;2*1H;/q;2*-1;;;+2. The van der Waals surface area contributed by atoms with Gasteiger partial charge >= 0.3 is 112 Å². The molecule has 0 spiro atoms. The summed E-state index contributed by atoms with van der Waals surface area (Å²) in [4.78, 5) is 0. The molecule has 0 bridgehead atoms. The largest absolute Gasteiger partial charge is 0.273 e. The Morgan fingerprint density at radius 2 is 1.34 bits per heavy atom. The normalized spacial score (nSPS) is 10.8. The summed E-state index contributed by atoms with van der Waals surface area (Å²) in [5.74, 6) is 0. The molecule has 0 nitrogen and oxygen atoms in total. The molecule has 0 radical (unpaired) electrons. The van der Waals surface area contributed by atoms with Gasteiger partial charge in [-0.2, -0.15) is 23.6 Å². The van der Waals surface area contributed by atoms with Crippen molar-refractivity contribution in [3.63, 3.8) is 0 Å². The van der Waals surface area contributed by atoms with Crippen molar-refractivity contribution in [3.8, 4) is 0 Å². The zero-order chi connectivity index (χ0) is 21.2. The van der Waals surface area contributed by atoms with E-state index >= 15 is 0 Å². The Hall–Kier alpha value is -1.92. The van der Waals surface area contributed by atoms with E-state index in [1.54, 1.807) is 0 Å². The molecular weight excluding hydrogens is 510 g/mol. The van der Waals surface area contributed by atoms with Gasteiger partial charge in [0.15, 0.2) is 0 Å². The zero-order valence-electron chi connectivity index (χ0n) is 18.4. The third-order valence-corrected chi connectivity index (χ3v) is 6.29. The molecule has 1 aliphatic carbocycles. The number of halogens is 2. The van der Waals surface area contributed by atoms with E-state index in [0.717, 1.165) is 6.42 Å². The summed E-state index contributed by atoms with van der Waals surface area (Å²) in [6.07, 6.45) is 10.0. The van der Waals surface area contributed by atoms with Crippen molar-refractivity contribution in [3.05, 3.63) is 138 Å². The quantitative estimate of drug-likeness (QED) is 0.226. The molecule has 0 aliphatic heterocycles. The predicted octanol–water partition coefficient (Wildman–Crippen LogP) is 8.13. The number of fused-ring (bicyclic) bond motifs is 1. The number of benzene rings is 3. The molecule has 0 N–H and O–H groups in total. The van der Waals surface area contributed by atoms with Gasteiger partial charge in [-0.3, -0.25) is 6.08 Å². The minimum Gasteiger partial charge on any atom is -0.273 e. The molecule has 0 heterocycles. The number of rotatable bonds is 2. The number of allylic oxidation sites excluding steroid dienone is 4. The third kappa shape index (κ3) is 8.21.